The highest BCUT2D eigenvalue weighted by Gasteiger charge is 1.98. The van der Waals surface area contributed by atoms with Gasteiger partial charge >= 0.3 is 0 Å². The lowest BCUT2D eigenvalue weighted by Gasteiger charge is -2.09. The lowest BCUT2D eigenvalue weighted by molar-refractivity contribution is 0.551. The Labute approximate surface area is 94.4 Å². The molecule has 0 bridgehead atoms. The van der Waals surface area contributed by atoms with E-state index in [0.717, 1.165) is 18.4 Å². The summed E-state index contributed by atoms with van der Waals surface area (Å²) in [4.78, 5) is 0. The Morgan fingerprint density at radius 2 is 1.93 bits per heavy atom. The first-order chi connectivity index (χ1) is 6.66. The van der Waals surface area contributed by atoms with E-state index in [4.69, 9.17) is 0 Å². The van der Waals surface area contributed by atoms with E-state index in [9.17, 15) is 0 Å². The van der Waals surface area contributed by atoms with Crippen LogP contribution in [0.1, 0.15) is 40.5 Å². The van der Waals surface area contributed by atoms with Crippen LogP contribution in [0.4, 0.5) is 0 Å². The number of thioether (sulfide) groups is 1. The Morgan fingerprint density at radius 3 is 2.50 bits per heavy atom. The van der Waals surface area contributed by atoms with E-state index in [-0.39, 0.29) is 0 Å². The first-order valence-corrected chi connectivity index (χ1v) is 7.10. The van der Waals surface area contributed by atoms with Crippen LogP contribution >= 0.6 is 11.8 Å². The Balaban J connectivity index is 2.99. The quantitative estimate of drug-likeness (QED) is 0.594. The van der Waals surface area contributed by atoms with E-state index in [1.165, 1.54) is 30.9 Å². The Morgan fingerprint density at radius 1 is 1.21 bits per heavy atom. The fourth-order valence-electron chi connectivity index (χ4n) is 1.09. The van der Waals surface area contributed by atoms with Gasteiger partial charge in [-0.05, 0) is 42.9 Å². The zero-order chi connectivity index (χ0) is 10.8. The maximum Gasteiger partial charge on any atom is -0.00258 e. The lowest BCUT2D eigenvalue weighted by Crippen LogP contribution is -2.21. The minimum atomic E-state index is 0.780. The fourth-order valence-corrected chi connectivity index (χ4v) is 2.25. The van der Waals surface area contributed by atoms with Crippen molar-refractivity contribution in [3.05, 3.63) is 0 Å². The average molecular weight is 217 g/mol. The molecule has 1 nitrogen and oxygen atoms in total. The average Bonchev–Trinajstić information content (AvgIpc) is 2.15. The number of hydrogen-bond donors (Lipinski definition) is 1. The van der Waals surface area contributed by atoms with Crippen molar-refractivity contribution in [2.45, 2.75) is 40.5 Å². The summed E-state index contributed by atoms with van der Waals surface area (Å²) >= 11 is 2.10. The Hall–Kier alpha value is 0.310. The maximum atomic E-state index is 3.47. The van der Waals surface area contributed by atoms with Gasteiger partial charge in [-0.25, -0.2) is 0 Å². The van der Waals surface area contributed by atoms with Gasteiger partial charge in [-0.1, -0.05) is 34.1 Å². The van der Waals surface area contributed by atoms with Crippen LogP contribution in [0.25, 0.3) is 0 Å². The number of rotatable bonds is 9. The molecule has 2 heteroatoms. The molecule has 0 aromatic carbocycles. The minimum Gasteiger partial charge on any atom is -0.316 e. The van der Waals surface area contributed by atoms with Crippen molar-refractivity contribution in [3.8, 4) is 0 Å². The van der Waals surface area contributed by atoms with Crippen LogP contribution in [0.5, 0.6) is 0 Å². The van der Waals surface area contributed by atoms with Gasteiger partial charge in [-0.15, -0.1) is 0 Å². The van der Waals surface area contributed by atoms with Crippen LogP contribution in [0, 0.1) is 11.8 Å². The second kappa shape index (κ2) is 9.85. The highest BCUT2D eigenvalue weighted by atomic mass is 32.2. The molecular formula is C12H27NS. The van der Waals surface area contributed by atoms with E-state index in [1.54, 1.807) is 0 Å². The fraction of sp³-hybridized carbons (Fsp3) is 1.00. The molecule has 1 atom stereocenters. The monoisotopic (exact) mass is 217 g/mol. The number of hydrogen-bond acceptors (Lipinski definition) is 2. The van der Waals surface area contributed by atoms with Gasteiger partial charge < -0.3 is 5.32 Å². The van der Waals surface area contributed by atoms with Crippen molar-refractivity contribution in [2.24, 2.45) is 11.8 Å². The molecule has 0 amide bonds. The third-order valence-electron chi connectivity index (χ3n) is 2.29. The molecule has 0 spiro atoms. The van der Waals surface area contributed by atoms with E-state index in [1.807, 2.05) is 0 Å². The molecule has 1 N–H and O–H groups in total. The van der Waals surface area contributed by atoms with Crippen LogP contribution in [0.3, 0.4) is 0 Å². The van der Waals surface area contributed by atoms with E-state index < -0.39 is 0 Å². The summed E-state index contributed by atoms with van der Waals surface area (Å²) in [6, 6.07) is 0. The molecule has 0 aliphatic heterocycles. The molecular weight excluding hydrogens is 190 g/mol. The van der Waals surface area contributed by atoms with E-state index in [2.05, 4.69) is 44.8 Å². The van der Waals surface area contributed by atoms with Crippen molar-refractivity contribution < 1.29 is 0 Å². The van der Waals surface area contributed by atoms with Crippen molar-refractivity contribution in [2.75, 3.05) is 24.6 Å². The molecule has 0 saturated carbocycles. The first kappa shape index (κ1) is 14.3. The van der Waals surface area contributed by atoms with Crippen LogP contribution in [0.15, 0.2) is 0 Å². The van der Waals surface area contributed by atoms with Crippen molar-refractivity contribution in [3.63, 3.8) is 0 Å². The molecule has 0 radical (unpaired) electrons. The largest absolute Gasteiger partial charge is 0.316 e. The molecule has 0 aliphatic carbocycles. The molecule has 14 heavy (non-hydrogen) atoms. The summed E-state index contributed by atoms with van der Waals surface area (Å²) in [5.74, 6) is 4.32. The second-order valence-corrected chi connectivity index (χ2v) is 5.69. The summed E-state index contributed by atoms with van der Waals surface area (Å²) in [5.41, 5.74) is 0. The highest BCUT2D eigenvalue weighted by Crippen LogP contribution is 2.11. The normalized spacial score (nSPS) is 13.5. The van der Waals surface area contributed by atoms with Gasteiger partial charge in [0.25, 0.3) is 0 Å². The molecule has 0 rings (SSSR count). The molecule has 0 aromatic heterocycles. The van der Waals surface area contributed by atoms with Crippen LogP contribution < -0.4 is 5.32 Å². The molecule has 1 unspecified atom stereocenters. The van der Waals surface area contributed by atoms with Crippen molar-refractivity contribution in [1.82, 2.24) is 5.32 Å². The summed E-state index contributed by atoms with van der Waals surface area (Å²) in [5, 5.41) is 3.47. The summed E-state index contributed by atoms with van der Waals surface area (Å²) < 4.78 is 0. The predicted octanol–water partition coefficient (Wildman–Crippen LogP) is 3.40. The Kier molecular flexibility index (Phi) is 10.1. The second-order valence-electron chi connectivity index (χ2n) is 4.54. The van der Waals surface area contributed by atoms with Crippen LogP contribution in [-0.4, -0.2) is 24.6 Å². The van der Waals surface area contributed by atoms with Crippen molar-refractivity contribution >= 4 is 11.8 Å². The zero-order valence-electron chi connectivity index (χ0n) is 10.3. The van der Waals surface area contributed by atoms with Gasteiger partial charge in [0.1, 0.15) is 0 Å². The third kappa shape index (κ3) is 10.4. The van der Waals surface area contributed by atoms with E-state index >= 15 is 0 Å². The first-order valence-electron chi connectivity index (χ1n) is 5.95. The van der Waals surface area contributed by atoms with Gasteiger partial charge in [0.05, 0.1) is 0 Å². The van der Waals surface area contributed by atoms with Gasteiger partial charge in [0.2, 0.25) is 0 Å². The predicted molar refractivity (Wildman–Crippen MR) is 69.1 cm³/mol. The summed E-state index contributed by atoms with van der Waals surface area (Å²) in [7, 11) is 0. The van der Waals surface area contributed by atoms with E-state index in [0.29, 0.717) is 0 Å². The molecule has 0 aliphatic rings. The molecule has 0 fully saturated rings. The maximum absolute atomic E-state index is 3.47. The van der Waals surface area contributed by atoms with Crippen molar-refractivity contribution in [1.29, 1.82) is 0 Å². The minimum absolute atomic E-state index is 0.780. The van der Waals surface area contributed by atoms with Crippen LogP contribution in [0.2, 0.25) is 0 Å². The summed E-state index contributed by atoms with van der Waals surface area (Å²) in [6.45, 7) is 11.5. The molecule has 0 aromatic rings. The van der Waals surface area contributed by atoms with Crippen LogP contribution in [-0.2, 0) is 0 Å². The SMILES string of the molecule is CCC(C)CSCCCNCC(C)C. The van der Waals surface area contributed by atoms with Gasteiger partial charge in [-0.2, -0.15) is 11.8 Å². The topological polar surface area (TPSA) is 12.0 Å². The standard InChI is InChI=1S/C12H27NS/c1-5-12(4)10-14-8-6-7-13-9-11(2)3/h11-13H,5-10H2,1-4H3. The Bertz CT molecular complexity index is 115. The smallest absolute Gasteiger partial charge is 0.00258 e. The molecule has 86 valence electrons. The lowest BCUT2D eigenvalue weighted by atomic mass is 10.2. The zero-order valence-corrected chi connectivity index (χ0v) is 11.1. The third-order valence-corrected chi connectivity index (χ3v) is 3.68. The molecule has 0 saturated heterocycles. The number of nitrogens with one attached hydrogen (secondary N) is 1. The molecule has 0 heterocycles. The highest BCUT2D eigenvalue weighted by molar-refractivity contribution is 7.99. The summed E-state index contributed by atoms with van der Waals surface area (Å²) in [6.07, 6.45) is 2.63. The van der Waals surface area contributed by atoms with Gasteiger partial charge in [-0.3, -0.25) is 0 Å². The van der Waals surface area contributed by atoms with Gasteiger partial charge in [0, 0.05) is 0 Å². The van der Waals surface area contributed by atoms with Gasteiger partial charge in [0.15, 0.2) is 0 Å².